The fourth-order valence-electron chi connectivity index (χ4n) is 2.83. The summed E-state index contributed by atoms with van der Waals surface area (Å²) in [6.45, 7) is 5.89. The van der Waals surface area contributed by atoms with E-state index in [4.69, 9.17) is 9.47 Å². The highest BCUT2D eigenvalue weighted by Gasteiger charge is 2.12. The highest BCUT2D eigenvalue weighted by molar-refractivity contribution is 6.08. The number of benzene rings is 2. The lowest BCUT2D eigenvalue weighted by Gasteiger charge is -2.10. The number of carbonyl (C=O) groups excluding carboxylic acids is 1. The normalized spacial score (nSPS) is 10.9. The Labute approximate surface area is 142 Å². The second-order valence-corrected chi connectivity index (χ2v) is 5.75. The van der Waals surface area contributed by atoms with Gasteiger partial charge in [0.2, 0.25) is 5.75 Å². The van der Waals surface area contributed by atoms with Crippen molar-refractivity contribution in [2.24, 2.45) is 0 Å². The fraction of sp³-hybridized carbons (Fsp3) is 0.250. The Balaban J connectivity index is 2.36. The Bertz CT molecular complexity index is 755. The number of ether oxygens (including phenoxy) is 2. The Morgan fingerprint density at radius 3 is 1.92 bits per heavy atom. The van der Waals surface area contributed by atoms with Gasteiger partial charge in [-0.05, 0) is 55.7 Å². The summed E-state index contributed by atoms with van der Waals surface area (Å²) in [6.07, 6.45) is 3.21. The first-order valence-corrected chi connectivity index (χ1v) is 7.62. The van der Waals surface area contributed by atoms with E-state index in [0.717, 1.165) is 22.3 Å². The van der Waals surface area contributed by atoms with Crippen LogP contribution >= 0.6 is 0 Å². The number of hydrogen-bond donors (Lipinski definition) is 1. The summed E-state index contributed by atoms with van der Waals surface area (Å²) in [4.78, 5) is 12.5. The van der Waals surface area contributed by atoms with E-state index in [1.165, 1.54) is 20.3 Å². The van der Waals surface area contributed by atoms with E-state index in [1.54, 1.807) is 18.2 Å². The highest BCUT2D eigenvalue weighted by Crippen LogP contribution is 2.37. The molecule has 0 saturated heterocycles. The van der Waals surface area contributed by atoms with Gasteiger partial charge in [-0.3, -0.25) is 4.79 Å². The van der Waals surface area contributed by atoms with Crippen molar-refractivity contribution in [1.29, 1.82) is 0 Å². The van der Waals surface area contributed by atoms with Gasteiger partial charge in [0.1, 0.15) is 0 Å². The molecule has 0 spiro atoms. The van der Waals surface area contributed by atoms with Gasteiger partial charge in [-0.2, -0.15) is 0 Å². The van der Waals surface area contributed by atoms with Crippen LogP contribution in [-0.4, -0.2) is 25.1 Å². The molecule has 0 fully saturated rings. The van der Waals surface area contributed by atoms with Crippen LogP contribution < -0.4 is 9.47 Å². The van der Waals surface area contributed by atoms with E-state index in [2.05, 4.69) is 0 Å². The van der Waals surface area contributed by atoms with Crippen molar-refractivity contribution in [3.63, 3.8) is 0 Å². The van der Waals surface area contributed by atoms with Crippen LogP contribution in [-0.2, 0) is 0 Å². The van der Waals surface area contributed by atoms with Gasteiger partial charge in [0, 0.05) is 5.56 Å². The molecule has 2 aromatic rings. The van der Waals surface area contributed by atoms with Gasteiger partial charge in [-0.15, -0.1) is 0 Å². The maximum absolute atomic E-state index is 12.5. The summed E-state index contributed by atoms with van der Waals surface area (Å²) < 4.78 is 10.2. The standard InChI is InChI=1S/C20H22O4/c1-12-8-13(2)19(14(3)9-12)16(21)7-6-15-10-17(23-4)20(22)18(11-15)24-5/h6-11,22H,1-5H3/b7-6+. The van der Waals surface area contributed by atoms with Gasteiger partial charge < -0.3 is 14.6 Å². The third kappa shape index (κ3) is 3.59. The van der Waals surface area contributed by atoms with Gasteiger partial charge in [-0.25, -0.2) is 0 Å². The Morgan fingerprint density at radius 2 is 1.46 bits per heavy atom. The van der Waals surface area contributed by atoms with Crippen molar-refractivity contribution < 1.29 is 19.4 Å². The number of phenolic OH excluding ortho intramolecular Hbond substituents is 1. The number of phenols is 1. The van der Waals surface area contributed by atoms with E-state index in [0.29, 0.717) is 17.1 Å². The summed E-state index contributed by atoms with van der Waals surface area (Å²) in [5.74, 6) is 0.470. The zero-order valence-corrected chi connectivity index (χ0v) is 14.6. The first kappa shape index (κ1) is 17.6. The molecular weight excluding hydrogens is 304 g/mol. The van der Waals surface area contributed by atoms with E-state index in [-0.39, 0.29) is 11.5 Å². The van der Waals surface area contributed by atoms with E-state index in [1.807, 2.05) is 32.9 Å². The van der Waals surface area contributed by atoms with Gasteiger partial charge >= 0.3 is 0 Å². The molecule has 0 aliphatic heterocycles. The summed E-state index contributed by atoms with van der Waals surface area (Å²) >= 11 is 0. The molecule has 2 rings (SSSR count). The number of methoxy groups -OCH3 is 2. The van der Waals surface area contributed by atoms with Crippen molar-refractivity contribution in [1.82, 2.24) is 0 Å². The van der Waals surface area contributed by atoms with E-state index in [9.17, 15) is 9.90 Å². The lowest BCUT2D eigenvalue weighted by molar-refractivity contribution is 0.104. The molecule has 1 N–H and O–H groups in total. The number of ketones is 1. The summed E-state index contributed by atoms with van der Waals surface area (Å²) in [6, 6.07) is 7.30. The van der Waals surface area contributed by atoms with E-state index >= 15 is 0 Å². The zero-order chi connectivity index (χ0) is 17.9. The first-order chi connectivity index (χ1) is 11.4. The minimum Gasteiger partial charge on any atom is -0.502 e. The molecule has 0 aliphatic carbocycles. The average Bonchev–Trinajstić information content (AvgIpc) is 2.52. The van der Waals surface area contributed by atoms with Crippen LogP contribution in [0, 0.1) is 20.8 Å². The molecule has 24 heavy (non-hydrogen) atoms. The zero-order valence-electron chi connectivity index (χ0n) is 14.6. The molecule has 0 saturated carbocycles. The maximum atomic E-state index is 12.5. The summed E-state index contributed by atoms with van der Waals surface area (Å²) in [5.41, 5.74) is 4.48. The molecule has 0 aliphatic rings. The lowest BCUT2D eigenvalue weighted by Crippen LogP contribution is -2.02. The average molecular weight is 326 g/mol. The maximum Gasteiger partial charge on any atom is 0.200 e. The Kier molecular flexibility index (Phi) is 5.29. The Morgan fingerprint density at radius 1 is 0.958 bits per heavy atom. The molecule has 0 bridgehead atoms. The van der Waals surface area contributed by atoms with Gasteiger partial charge in [0.05, 0.1) is 14.2 Å². The molecule has 0 atom stereocenters. The van der Waals surface area contributed by atoms with Crippen molar-refractivity contribution in [2.75, 3.05) is 14.2 Å². The monoisotopic (exact) mass is 326 g/mol. The number of carbonyl (C=O) groups is 1. The largest absolute Gasteiger partial charge is 0.502 e. The molecule has 0 unspecified atom stereocenters. The van der Waals surface area contributed by atoms with Crippen LogP contribution in [0.4, 0.5) is 0 Å². The predicted molar refractivity (Wildman–Crippen MR) is 95.2 cm³/mol. The molecular formula is C20H22O4. The van der Waals surface area contributed by atoms with Gasteiger partial charge in [0.25, 0.3) is 0 Å². The summed E-state index contributed by atoms with van der Waals surface area (Å²) in [7, 11) is 2.93. The Hall–Kier alpha value is -2.75. The predicted octanol–water partition coefficient (Wildman–Crippen LogP) is 4.23. The third-order valence-corrected chi connectivity index (χ3v) is 3.85. The number of allylic oxidation sites excluding steroid dienone is 1. The van der Waals surface area contributed by atoms with Crippen molar-refractivity contribution in [3.05, 3.63) is 58.2 Å². The van der Waals surface area contributed by atoms with Crippen molar-refractivity contribution in [2.45, 2.75) is 20.8 Å². The number of hydrogen-bond acceptors (Lipinski definition) is 4. The van der Waals surface area contributed by atoms with Crippen molar-refractivity contribution >= 4 is 11.9 Å². The lowest BCUT2D eigenvalue weighted by atomic mass is 9.96. The summed E-state index contributed by atoms with van der Waals surface area (Å²) in [5, 5.41) is 9.93. The second kappa shape index (κ2) is 7.21. The van der Waals surface area contributed by atoms with E-state index < -0.39 is 0 Å². The molecule has 0 heterocycles. The fourth-order valence-corrected chi connectivity index (χ4v) is 2.83. The van der Waals surface area contributed by atoms with Gasteiger partial charge in [0.15, 0.2) is 17.3 Å². The molecule has 4 heteroatoms. The minimum atomic E-state index is -0.0614. The van der Waals surface area contributed by atoms with Crippen LogP contribution in [0.2, 0.25) is 0 Å². The molecule has 0 aromatic heterocycles. The quantitative estimate of drug-likeness (QED) is 0.660. The number of rotatable bonds is 5. The van der Waals surface area contributed by atoms with Crippen LogP contribution in [0.15, 0.2) is 30.3 Å². The van der Waals surface area contributed by atoms with Crippen LogP contribution in [0.5, 0.6) is 17.2 Å². The minimum absolute atomic E-state index is 0.0593. The molecule has 2 aromatic carbocycles. The third-order valence-electron chi connectivity index (χ3n) is 3.85. The number of aromatic hydroxyl groups is 1. The molecule has 0 amide bonds. The second-order valence-electron chi connectivity index (χ2n) is 5.75. The van der Waals surface area contributed by atoms with Gasteiger partial charge in [-0.1, -0.05) is 23.8 Å². The van der Waals surface area contributed by atoms with Crippen molar-refractivity contribution in [3.8, 4) is 17.2 Å². The van der Waals surface area contributed by atoms with Crippen LogP contribution in [0.3, 0.4) is 0 Å². The SMILES string of the molecule is COc1cc(/C=C/C(=O)c2c(C)cc(C)cc2C)cc(OC)c1O. The topological polar surface area (TPSA) is 55.8 Å². The smallest absolute Gasteiger partial charge is 0.200 e. The first-order valence-electron chi connectivity index (χ1n) is 7.62. The van der Waals surface area contributed by atoms with Crippen LogP contribution in [0.25, 0.3) is 6.08 Å². The highest BCUT2D eigenvalue weighted by atomic mass is 16.5. The molecule has 4 nitrogen and oxygen atoms in total. The molecule has 0 radical (unpaired) electrons. The van der Waals surface area contributed by atoms with Crippen LogP contribution in [0.1, 0.15) is 32.6 Å². The number of aryl methyl sites for hydroxylation is 3. The molecule has 126 valence electrons.